The van der Waals surface area contributed by atoms with E-state index in [9.17, 15) is 4.79 Å². The number of para-hydroxylation sites is 1. The summed E-state index contributed by atoms with van der Waals surface area (Å²) in [4.78, 5) is 12.1. The summed E-state index contributed by atoms with van der Waals surface area (Å²) in [5.74, 6) is 0.353. The molecule has 0 spiro atoms. The first-order valence-corrected chi connectivity index (χ1v) is 6.88. The highest BCUT2D eigenvalue weighted by Crippen LogP contribution is 2.28. The van der Waals surface area contributed by atoms with Crippen LogP contribution in [0, 0.1) is 0 Å². The van der Waals surface area contributed by atoms with Crippen molar-refractivity contribution < 1.29 is 14.7 Å². The number of carbonyl (C=O) groups excluding carboxylic acids is 1. The normalized spacial score (nSPS) is 15.8. The van der Waals surface area contributed by atoms with Crippen molar-refractivity contribution in [3.05, 3.63) is 23.8 Å². The van der Waals surface area contributed by atoms with Gasteiger partial charge in [0, 0.05) is 11.6 Å². The molecule has 0 heterocycles. The molecule has 7 heteroatoms. The molecule has 1 aromatic rings. The van der Waals surface area contributed by atoms with Gasteiger partial charge >= 0.3 is 6.03 Å². The lowest BCUT2D eigenvalue weighted by Crippen LogP contribution is -2.36. The van der Waals surface area contributed by atoms with Gasteiger partial charge in [0.25, 0.3) is 0 Å². The third-order valence-corrected chi connectivity index (χ3v) is 3.56. The molecule has 114 valence electrons. The van der Waals surface area contributed by atoms with Gasteiger partial charge in [-0.2, -0.15) is 0 Å². The molecule has 1 saturated carbocycles. The highest BCUT2D eigenvalue weighted by atomic mass is 16.5. The fourth-order valence-electron chi connectivity index (χ4n) is 2.50. The standard InChI is InChI=1S/C14H20N4O3/c1-21-11-8-4-7-10(13(15)18-20)12(11)17-14(19)16-9-5-2-3-6-9/h4,7-9,20H,2-3,5-6H2,1H3,(H2,15,18)(H2,16,17,19). The Balaban J connectivity index is 2.18. The molecule has 5 N–H and O–H groups in total. The van der Waals surface area contributed by atoms with Crippen molar-refractivity contribution >= 4 is 17.6 Å². The summed E-state index contributed by atoms with van der Waals surface area (Å²) >= 11 is 0. The lowest BCUT2D eigenvalue weighted by Gasteiger charge is -2.17. The lowest BCUT2D eigenvalue weighted by atomic mass is 10.1. The Morgan fingerprint density at radius 1 is 1.43 bits per heavy atom. The zero-order chi connectivity index (χ0) is 15.2. The molecule has 2 amide bonds. The molecule has 0 saturated heterocycles. The Kier molecular flexibility index (Phi) is 4.86. The Morgan fingerprint density at radius 2 is 2.14 bits per heavy atom. The number of hydrogen-bond donors (Lipinski definition) is 4. The van der Waals surface area contributed by atoms with E-state index in [2.05, 4.69) is 15.8 Å². The average Bonchev–Trinajstić information content (AvgIpc) is 2.99. The SMILES string of the molecule is COc1cccc(/C(N)=N/O)c1NC(=O)NC1CCCC1. The molecule has 21 heavy (non-hydrogen) atoms. The summed E-state index contributed by atoms with van der Waals surface area (Å²) in [7, 11) is 1.49. The van der Waals surface area contributed by atoms with Crippen LogP contribution in [0.25, 0.3) is 0 Å². The minimum absolute atomic E-state index is 0.0925. The van der Waals surface area contributed by atoms with Crippen LogP contribution in [0.4, 0.5) is 10.5 Å². The number of rotatable bonds is 4. The number of benzene rings is 1. The van der Waals surface area contributed by atoms with Gasteiger partial charge < -0.3 is 26.3 Å². The minimum atomic E-state index is -0.321. The number of amidine groups is 1. The van der Waals surface area contributed by atoms with E-state index >= 15 is 0 Å². The first kappa shape index (κ1) is 15.0. The van der Waals surface area contributed by atoms with E-state index in [4.69, 9.17) is 15.7 Å². The number of nitrogens with zero attached hydrogens (tertiary/aromatic N) is 1. The molecule has 0 radical (unpaired) electrons. The number of anilines is 1. The van der Waals surface area contributed by atoms with E-state index in [1.165, 1.54) is 7.11 Å². The van der Waals surface area contributed by atoms with Gasteiger partial charge in [-0.15, -0.1) is 0 Å². The Hall–Kier alpha value is -2.44. The molecule has 7 nitrogen and oxygen atoms in total. The maximum atomic E-state index is 12.1. The monoisotopic (exact) mass is 292 g/mol. The first-order chi connectivity index (χ1) is 10.2. The second-order valence-electron chi connectivity index (χ2n) is 4.95. The highest BCUT2D eigenvalue weighted by Gasteiger charge is 2.19. The van der Waals surface area contributed by atoms with Crippen LogP contribution in [0.1, 0.15) is 31.2 Å². The molecular weight excluding hydrogens is 272 g/mol. The largest absolute Gasteiger partial charge is 0.495 e. The molecule has 1 aliphatic carbocycles. The number of nitrogens with two attached hydrogens (primary N) is 1. The van der Waals surface area contributed by atoms with Crippen LogP contribution in [0.5, 0.6) is 5.75 Å². The van der Waals surface area contributed by atoms with Crippen LogP contribution in [0.15, 0.2) is 23.4 Å². The minimum Gasteiger partial charge on any atom is -0.495 e. The summed E-state index contributed by atoms with van der Waals surface area (Å²) in [5, 5.41) is 17.4. The Labute approximate surface area is 123 Å². The quantitative estimate of drug-likeness (QED) is 0.294. The first-order valence-electron chi connectivity index (χ1n) is 6.88. The van der Waals surface area contributed by atoms with Gasteiger partial charge in [-0.3, -0.25) is 0 Å². The summed E-state index contributed by atoms with van der Waals surface area (Å²) < 4.78 is 5.22. The molecule has 0 aromatic heterocycles. The third kappa shape index (κ3) is 3.56. The number of methoxy groups -OCH3 is 1. The van der Waals surface area contributed by atoms with Gasteiger partial charge in [0.05, 0.1) is 12.8 Å². The molecular formula is C14H20N4O3. The van der Waals surface area contributed by atoms with Crippen molar-refractivity contribution in [2.75, 3.05) is 12.4 Å². The van der Waals surface area contributed by atoms with Gasteiger partial charge in [0.1, 0.15) is 5.75 Å². The van der Waals surface area contributed by atoms with Crippen molar-refractivity contribution in [3.63, 3.8) is 0 Å². The highest BCUT2D eigenvalue weighted by molar-refractivity contribution is 6.06. The Morgan fingerprint density at radius 3 is 2.76 bits per heavy atom. The van der Waals surface area contributed by atoms with Crippen molar-refractivity contribution in [1.82, 2.24) is 5.32 Å². The average molecular weight is 292 g/mol. The number of ether oxygens (including phenoxy) is 1. The topological polar surface area (TPSA) is 109 Å². The van der Waals surface area contributed by atoms with Crippen LogP contribution >= 0.6 is 0 Å². The van der Waals surface area contributed by atoms with Crippen LogP contribution in [-0.2, 0) is 0 Å². The number of nitrogens with one attached hydrogen (secondary N) is 2. The summed E-state index contributed by atoms with van der Waals surface area (Å²) in [5.41, 5.74) is 6.41. The number of urea groups is 1. The fourth-order valence-corrected chi connectivity index (χ4v) is 2.50. The summed E-state index contributed by atoms with van der Waals surface area (Å²) in [6.07, 6.45) is 4.25. The molecule has 1 fully saturated rings. The van der Waals surface area contributed by atoms with E-state index in [0.717, 1.165) is 25.7 Å². The predicted molar refractivity (Wildman–Crippen MR) is 79.9 cm³/mol. The second kappa shape index (κ2) is 6.83. The Bertz CT molecular complexity index is 539. The van der Waals surface area contributed by atoms with Crippen molar-refractivity contribution in [1.29, 1.82) is 0 Å². The molecule has 2 rings (SSSR count). The van der Waals surface area contributed by atoms with Crippen LogP contribution in [0.3, 0.4) is 0 Å². The van der Waals surface area contributed by atoms with Gasteiger partial charge in [0.15, 0.2) is 5.84 Å². The van der Waals surface area contributed by atoms with Gasteiger partial charge in [-0.1, -0.05) is 24.1 Å². The van der Waals surface area contributed by atoms with E-state index in [1.807, 2.05) is 0 Å². The second-order valence-corrected chi connectivity index (χ2v) is 4.95. The molecule has 0 aliphatic heterocycles. The van der Waals surface area contributed by atoms with Crippen molar-refractivity contribution in [3.8, 4) is 5.75 Å². The van der Waals surface area contributed by atoms with E-state index in [1.54, 1.807) is 18.2 Å². The van der Waals surface area contributed by atoms with Crippen LogP contribution in [-0.4, -0.2) is 30.2 Å². The number of carbonyl (C=O) groups is 1. The smallest absolute Gasteiger partial charge is 0.319 e. The zero-order valence-electron chi connectivity index (χ0n) is 11.9. The maximum absolute atomic E-state index is 12.1. The molecule has 0 atom stereocenters. The van der Waals surface area contributed by atoms with Gasteiger partial charge in [0.2, 0.25) is 0 Å². The summed E-state index contributed by atoms with van der Waals surface area (Å²) in [6, 6.07) is 4.92. The van der Waals surface area contributed by atoms with E-state index < -0.39 is 0 Å². The number of hydrogen-bond acceptors (Lipinski definition) is 4. The zero-order valence-corrected chi connectivity index (χ0v) is 11.9. The number of amides is 2. The predicted octanol–water partition coefficient (Wildman–Crippen LogP) is 1.85. The van der Waals surface area contributed by atoms with E-state index in [0.29, 0.717) is 17.0 Å². The van der Waals surface area contributed by atoms with Crippen LogP contribution < -0.4 is 21.1 Å². The van der Waals surface area contributed by atoms with Crippen molar-refractivity contribution in [2.45, 2.75) is 31.7 Å². The molecule has 1 aromatic carbocycles. The van der Waals surface area contributed by atoms with E-state index in [-0.39, 0.29) is 17.9 Å². The van der Waals surface area contributed by atoms with Crippen molar-refractivity contribution in [2.24, 2.45) is 10.9 Å². The lowest BCUT2D eigenvalue weighted by molar-refractivity contribution is 0.248. The third-order valence-electron chi connectivity index (χ3n) is 3.56. The molecule has 0 bridgehead atoms. The van der Waals surface area contributed by atoms with Gasteiger partial charge in [-0.05, 0) is 25.0 Å². The molecule has 1 aliphatic rings. The number of oxime groups is 1. The summed E-state index contributed by atoms with van der Waals surface area (Å²) in [6.45, 7) is 0. The maximum Gasteiger partial charge on any atom is 0.319 e. The van der Waals surface area contributed by atoms with Crippen LogP contribution in [0.2, 0.25) is 0 Å². The van der Waals surface area contributed by atoms with Gasteiger partial charge in [-0.25, -0.2) is 4.79 Å². The fraction of sp³-hybridized carbons (Fsp3) is 0.429. The molecule has 0 unspecified atom stereocenters.